The van der Waals surface area contributed by atoms with Crippen molar-refractivity contribution in [3.63, 3.8) is 0 Å². The van der Waals surface area contributed by atoms with Crippen LogP contribution in [0.15, 0.2) is 18.7 Å². The minimum atomic E-state index is -0.0825. The molecule has 1 heterocycles. The lowest BCUT2D eigenvalue weighted by Gasteiger charge is -2.05. The Labute approximate surface area is 94.3 Å². The Hall–Kier alpha value is -1.87. The molecule has 0 aromatic carbocycles. The number of carbonyl (C=O) groups excluding carboxylic acids is 1. The number of rotatable bonds is 7. The third-order valence-corrected chi connectivity index (χ3v) is 1.95. The zero-order chi connectivity index (χ0) is 11.6. The molecule has 0 unspecified atom stereocenters. The first kappa shape index (κ1) is 12.2. The lowest BCUT2D eigenvalue weighted by atomic mass is 10.4. The van der Waals surface area contributed by atoms with Crippen LogP contribution in [-0.4, -0.2) is 35.1 Å². The Balaban J connectivity index is 1.98. The van der Waals surface area contributed by atoms with E-state index in [9.17, 15) is 4.79 Å². The molecule has 0 saturated heterocycles. The van der Waals surface area contributed by atoms with Gasteiger partial charge in [-0.1, -0.05) is 0 Å². The molecule has 1 aromatic heterocycles. The molecule has 0 bridgehead atoms. The summed E-state index contributed by atoms with van der Waals surface area (Å²) >= 11 is 0. The summed E-state index contributed by atoms with van der Waals surface area (Å²) in [4.78, 5) is 15.1. The Bertz CT molecular complexity index is 341. The predicted molar refractivity (Wildman–Crippen MR) is 58.3 cm³/mol. The van der Waals surface area contributed by atoms with Crippen molar-refractivity contribution >= 4 is 5.91 Å². The molecule has 0 radical (unpaired) electrons. The summed E-state index contributed by atoms with van der Waals surface area (Å²) in [6, 6.07) is 1.96. The first-order chi connectivity index (χ1) is 7.83. The Morgan fingerprint density at radius 1 is 1.50 bits per heavy atom. The summed E-state index contributed by atoms with van der Waals surface area (Å²) in [7, 11) is 0. The molecule has 0 saturated carbocycles. The predicted octanol–water partition coefficient (Wildman–Crippen LogP) is -0.497. The third kappa shape index (κ3) is 5.12. The Morgan fingerprint density at radius 2 is 2.38 bits per heavy atom. The van der Waals surface area contributed by atoms with Crippen molar-refractivity contribution in [2.45, 2.75) is 13.0 Å². The first-order valence-corrected chi connectivity index (χ1v) is 5.13. The van der Waals surface area contributed by atoms with Gasteiger partial charge in [0.05, 0.1) is 25.4 Å². The molecule has 0 aliphatic carbocycles. The lowest BCUT2D eigenvalue weighted by molar-refractivity contribution is -0.120. The number of carbonyl (C=O) groups is 1. The molecule has 86 valence electrons. The number of hydrogen-bond acceptors (Lipinski definition) is 4. The smallest absolute Gasteiger partial charge is 0.233 e. The van der Waals surface area contributed by atoms with E-state index < -0.39 is 0 Å². The molecule has 0 spiro atoms. The van der Waals surface area contributed by atoms with Gasteiger partial charge in [0.15, 0.2) is 0 Å². The SMILES string of the molecule is N#CCCNC(=O)CNCCn1ccnc1. The van der Waals surface area contributed by atoms with Gasteiger partial charge >= 0.3 is 0 Å². The molecular formula is C10H15N5O. The van der Waals surface area contributed by atoms with E-state index in [0.717, 1.165) is 6.54 Å². The van der Waals surface area contributed by atoms with Crippen LogP contribution < -0.4 is 10.6 Å². The molecule has 1 amide bonds. The number of aromatic nitrogens is 2. The molecule has 6 nitrogen and oxygen atoms in total. The van der Waals surface area contributed by atoms with Crippen LogP contribution in [0.4, 0.5) is 0 Å². The molecular weight excluding hydrogens is 206 g/mol. The molecule has 1 aromatic rings. The summed E-state index contributed by atoms with van der Waals surface area (Å²) in [5.74, 6) is -0.0825. The van der Waals surface area contributed by atoms with E-state index in [-0.39, 0.29) is 12.5 Å². The Kier molecular flexibility index (Phi) is 5.66. The average Bonchev–Trinajstić information content (AvgIpc) is 2.78. The van der Waals surface area contributed by atoms with Crippen LogP contribution >= 0.6 is 0 Å². The third-order valence-electron chi connectivity index (χ3n) is 1.95. The fourth-order valence-corrected chi connectivity index (χ4v) is 1.15. The normalized spacial score (nSPS) is 9.69. The van der Waals surface area contributed by atoms with Crippen LogP contribution in [-0.2, 0) is 11.3 Å². The molecule has 0 atom stereocenters. The topological polar surface area (TPSA) is 82.7 Å². The van der Waals surface area contributed by atoms with E-state index >= 15 is 0 Å². The molecule has 2 N–H and O–H groups in total. The van der Waals surface area contributed by atoms with Crippen molar-refractivity contribution in [2.24, 2.45) is 0 Å². The maximum absolute atomic E-state index is 11.2. The standard InChI is InChI=1S/C10H15N5O/c11-2-1-3-14-10(16)8-12-4-6-15-7-5-13-9-15/h5,7,9,12H,1,3-4,6,8H2,(H,14,16). The van der Waals surface area contributed by atoms with Gasteiger partial charge in [-0.25, -0.2) is 4.98 Å². The number of imidazole rings is 1. The Morgan fingerprint density at radius 3 is 3.06 bits per heavy atom. The van der Waals surface area contributed by atoms with E-state index in [1.807, 2.05) is 16.8 Å². The zero-order valence-electron chi connectivity index (χ0n) is 9.02. The van der Waals surface area contributed by atoms with E-state index in [1.165, 1.54) is 0 Å². The number of hydrogen-bond donors (Lipinski definition) is 2. The molecule has 0 aliphatic heterocycles. The van der Waals surface area contributed by atoms with Gasteiger partial charge in [0.25, 0.3) is 0 Å². The minimum Gasteiger partial charge on any atom is -0.354 e. The minimum absolute atomic E-state index is 0.0825. The van der Waals surface area contributed by atoms with E-state index in [0.29, 0.717) is 19.5 Å². The van der Waals surface area contributed by atoms with E-state index in [1.54, 1.807) is 12.5 Å². The quantitative estimate of drug-likeness (QED) is 0.608. The van der Waals surface area contributed by atoms with Crippen molar-refractivity contribution in [2.75, 3.05) is 19.6 Å². The van der Waals surface area contributed by atoms with Gasteiger partial charge in [-0.2, -0.15) is 5.26 Å². The summed E-state index contributed by atoms with van der Waals surface area (Å²) in [6.45, 7) is 2.19. The monoisotopic (exact) mass is 221 g/mol. The zero-order valence-corrected chi connectivity index (χ0v) is 9.02. The fraction of sp³-hybridized carbons (Fsp3) is 0.500. The molecule has 1 rings (SSSR count). The van der Waals surface area contributed by atoms with E-state index in [4.69, 9.17) is 5.26 Å². The van der Waals surface area contributed by atoms with Crippen LogP contribution in [0.25, 0.3) is 0 Å². The van der Waals surface area contributed by atoms with Gasteiger partial charge in [0, 0.05) is 32.0 Å². The van der Waals surface area contributed by atoms with Crippen LogP contribution in [0.2, 0.25) is 0 Å². The second-order valence-electron chi connectivity index (χ2n) is 3.24. The highest BCUT2D eigenvalue weighted by Crippen LogP contribution is 1.83. The van der Waals surface area contributed by atoms with E-state index in [2.05, 4.69) is 15.6 Å². The van der Waals surface area contributed by atoms with Crippen LogP contribution in [0, 0.1) is 11.3 Å². The van der Waals surface area contributed by atoms with Crippen molar-refractivity contribution in [1.29, 1.82) is 5.26 Å². The van der Waals surface area contributed by atoms with Crippen molar-refractivity contribution in [3.05, 3.63) is 18.7 Å². The van der Waals surface area contributed by atoms with Gasteiger partial charge < -0.3 is 15.2 Å². The maximum atomic E-state index is 11.2. The summed E-state index contributed by atoms with van der Waals surface area (Å²) in [5, 5.41) is 13.9. The molecule has 0 aliphatic rings. The first-order valence-electron chi connectivity index (χ1n) is 5.13. The number of nitrogens with one attached hydrogen (secondary N) is 2. The molecule has 0 fully saturated rings. The lowest BCUT2D eigenvalue weighted by Crippen LogP contribution is -2.35. The largest absolute Gasteiger partial charge is 0.354 e. The highest BCUT2D eigenvalue weighted by Gasteiger charge is 1.98. The van der Waals surface area contributed by atoms with Crippen LogP contribution in [0.1, 0.15) is 6.42 Å². The highest BCUT2D eigenvalue weighted by molar-refractivity contribution is 5.77. The number of nitriles is 1. The second-order valence-corrected chi connectivity index (χ2v) is 3.24. The summed E-state index contributed by atoms with van der Waals surface area (Å²) in [5.41, 5.74) is 0. The van der Waals surface area contributed by atoms with Gasteiger partial charge in [-0.05, 0) is 0 Å². The fourth-order valence-electron chi connectivity index (χ4n) is 1.15. The molecule has 16 heavy (non-hydrogen) atoms. The number of nitrogens with zero attached hydrogens (tertiary/aromatic N) is 3. The van der Waals surface area contributed by atoms with Crippen LogP contribution in [0.3, 0.4) is 0 Å². The van der Waals surface area contributed by atoms with Gasteiger partial charge in [-0.3, -0.25) is 4.79 Å². The van der Waals surface area contributed by atoms with Gasteiger partial charge in [0.2, 0.25) is 5.91 Å². The highest BCUT2D eigenvalue weighted by atomic mass is 16.1. The van der Waals surface area contributed by atoms with Gasteiger partial charge in [0.1, 0.15) is 0 Å². The average molecular weight is 221 g/mol. The molecule has 6 heteroatoms. The van der Waals surface area contributed by atoms with Crippen molar-refractivity contribution in [1.82, 2.24) is 20.2 Å². The van der Waals surface area contributed by atoms with Crippen molar-refractivity contribution in [3.8, 4) is 6.07 Å². The maximum Gasteiger partial charge on any atom is 0.233 e. The number of amides is 1. The summed E-state index contributed by atoms with van der Waals surface area (Å²) in [6.07, 6.45) is 5.67. The summed E-state index contributed by atoms with van der Waals surface area (Å²) < 4.78 is 1.93. The second kappa shape index (κ2) is 7.43. The van der Waals surface area contributed by atoms with Crippen molar-refractivity contribution < 1.29 is 4.79 Å². The van der Waals surface area contributed by atoms with Crippen LogP contribution in [0.5, 0.6) is 0 Å². The van der Waals surface area contributed by atoms with Gasteiger partial charge in [-0.15, -0.1) is 0 Å².